The lowest BCUT2D eigenvalue weighted by Crippen LogP contribution is -2.47. The highest BCUT2D eigenvalue weighted by molar-refractivity contribution is 5.75. The molecule has 0 saturated carbocycles. The molecule has 1 rings (SSSR count). The van der Waals surface area contributed by atoms with Crippen molar-refractivity contribution in [1.82, 2.24) is 10.2 Å². The Bertz CT molecular complexity index is 263. The molecule has 3 atom stereocenters. The minimum atomic E-state index is 0.254. The number of carbonyl (C=O) groups is 1. The molecule has 0 spiro atoms. The lowest BCUT2D eigenvalue weighted by Gasteiger charge is -2.38. The van der Waals surface area contributed by atoms with E-state index in [0.717, 1.165) is 18.9 Å². The fourth-order valence-corrected chi connectivity index (χ4v) is 3.09. The van der Waals surface area contributed by atoms with Crippen molar-refractivity contribution in [2.75, 3.05) is 20.6 Å². The summed E-state index contributed by atoms with van der Waals surface area (Å²) in [5.41, 5.74) is 0. The number of hydrogen-bond donors (Lipinski definition) is 1. The van der Waals surface area contributed by atoms with E-state index in [1.54, 1.807) is 4.90 Å². The molecule has 3 unspecified atom stereocenters. The predicted molar refractivity (Wildman–Crippen MR) is 76.4 cm³/mol. The van der Waals surface area contributed by atoms with Crippen molar-refractivity contribution in [2.24, 2.45) is 17.8 Å². The summed E-state index contributed by atoms with van der Waals surface area (Å²) in [4.78, 5) is 13.4. The lowest BCUT2D eigenvalue weighted by molar-refractivity contribution is -0.129. The van der Waals surface area contributed by atoms with E-state index in [2.05, 4.69) is 26.1 Å². The van der Waals surface area contributed by atoms with Crippen molar-refractivity contribution in [3.8, 4) is 0 Å². The fraction of sp³-hybridized carbons (Fsp3) is 0.933. The van der Waals surface area contributed by atoms with Crippen molar-refractivity contribution in [2.45, 2.75) is 52.5 Å². The average molecular weight is 254 g/mol. The summed E-state index contributed by atoms with van der Waals surface area (Å²) in [6, 6.07) is 0.591. The Morgan fingerprint density at radius 1 is 1.39 bits per heavy atom. The molecular weight excluding hydrogens is 224 g/mol. The van der Waals surface area contributed by atoms with Crippen LogP contribution >= 0.6 is 0 Å². The van der Waals surface area contributed by atoms with Crippen molar-refractivity contribution < 1.29 is 4.79 Å². The van der Waals surface area contributed by atoms with E-state index in [9.17, 15) is 4.79 Å². The molecule has 3 heteroatoms. The largest absolute Gasteiger partial charge is 0.349 e. The maximum absolute atomic E-state index is 11.7. The van der Waals surface area contributed by atoms with Gasteiger partial charge in [-0.15, -0.1) is 0 Å². The quantitative estimate of drug-likeness (QED) is 0.817. The standard InChI is InChI=1S/C15H30N2O/c1-11(2)13(8-9-14(18)17(4)5)15-12(3)7-6-10-16-15/h11-13,15-16H,6-10H2,1-5H3. The summed E-state index contributed by atoms with van der Waals surface area (Å²) in [6.45, 7) is 8.06. The number of carbonyl (C=O) groups excluding carboxylic acids is 1. The molecule has 1 aliphatic rings. The molecule has 106 valence electrons. The third-order valence-electron chi connectivity index (χ3n) is 4.34. The second-order valence-corrected chi connectivity index (χ2v) is 6.33. The number of rotatable bonds is 5. The van der Waals surface area contributed by atoms with Crippen molar-refractivity contribution in [3.05, 3.63) is 0 Å². The highest BCUT2D eigenvalue weighted by Crippen LogP contribution is 2.30. The molecule has 1 fully saturated rings. The highest BCUT2D eigenvalue weighted by atomic mass is 16.2. The maximum Gasteiger partial charge on any atom is 0.222 e. The minimum absolute atomic E-state index is 0.254. The van der Waals surface area contributed by atoms with Crippen LogP contribution in [-0.2, 0) is 4.79 Å². The Kier molecular flexibility index (Phi) is 6.13. The van der Waals surface area contributed by atoms with Gasteiger partial charge in [0.2, 0.25) is 5.91 Å². The molecule has 0 radical (unpaired) electrons. The molecule has 0 aromatic carbocycles. The summed E-state index contributed by atoms with van der Waals surface area (Å²) < 4.78 is 0. The molecule has 1 heterocycles. The van der Waals surface area contributed by atoms with Crippen LogP contribution in [0.15, 0.2) is 0 Å². The zero-order chi connectivity index (χ0) is 13.7. The van der Waals surface area contributed by atoms with E-state index >= 15 is 0 Å². The molecule has 1 N–H and O–H groups in total. The molecule has 1 aliphatic heterocycles. The van der Waals surface area contributed by atoms with Crippen LogP contribution in [0.5, 0.6) is 0 Å². The van der Waals surface area contributed by atoms with Crippen LogP contribution in [0.1, 0.15) is 46.5 Å². The van der Waals surface area contributed by atoms with Crippen LogP contribution in [0.3, 0.4) is 0 Å². The van der Waals surface area contributed by atoms with E-state index in [0.29, 0.717) is 24.3 Å². The molecule has 1 amide bonds. The van der Waals surface area contributed by atoms with Crippen LogP contribution in [0.25, 0.3) is 0 Å². The van der Waals surface area contributed by atoms with Crippen LogP contribution in [-0.4, -0.2) is 37.5 Å². The van der Waals surface area contributed by atoms with Gasteiger partial charge in [-0.05, 0) is 43.6 Å². The van der Waals surface area contributed by atoms with Gasteiger partial charge in [0, 0.05) is 26.6 Å². The van der Waals surface area contributed by atoms with E-state index in [1.165, 1.54) is 12.8 Å². The molecule has 0 aliphatic carbocycles. The van der Waals surface area contributed by atoms with Gasteiger partial charge in [0.15, 0.2) is 0 Å². The summed E-state index contributed by atoms with van der Waals surface area (Å²) in [7, 11) is 3.68. The Balaban J connectivity index is 2.56. The zero-order valence-corrected chi connectivity index (χ0v) is 12.7. The van der Waals surface area contributed by atoms with E-state index in [4.69, 9.17) is 0 Å². The first kappa shape index (κ1) is 15.5. The van der Waals surface area contributed by atoms with Gasteiger partial charge in [-0.1, -0.05) is 20.8 Å². The van der Waals surface area contributed by atoms with Gasteiger partial charge < -0.3 is 10.2 Å². The second kappa shape index (κ2) is 7.13. The van der Waals surface area contributed by atoms with Crippen LogP contribution in [0.4, 0.5) is 0 Å². The molecule has 1 saturated heterocycles. The van der Waals surface area contributed by atoms with Crippen molar-refractivity contribution in [3.63, 3.8) is 0 Å². The number of hydrogen-bond acceptors (Lipinski definition) is 2. The van der Waals surface area contributed by atoms with Crippen molar-refractivity contribution >= 4 is 5.91 Å². The predicted octanol–water partition coefficient (Wildman–Crippen LogP) is 2.52. The third kappa shape index (κ3) is 4.27. The normalized spacial score (nSPS) is 26.1. The summed E-state index contributed by atoms with van der Waals surface area (Å²) in [5.74, 6) is 2.24. The summed E-state index contributed by atoms with van der Waals surface area (Å²) in [6.07, 6.45) is 4.30. The van der Waals surface area contributed by atoms with Gasteiger partial charge in [-0.3, -0.25) is 4.79 Å². The van der Waals surface area contributed by atoms with Gasteiger partial charge in [0.1, 0.15) is 0 Å². The Morgan fingerprint density at radius 3 is 2.56 bits per heavy atom. The molecule has 0 aromatic rings. The molecule has 0 bridgehead atoms. The average Bonchev–Trinajstić information content (AvgIpc) is 2.30. The molecule has 3 nitrogen and oxygen atoms in total. The first-order valence-electron chi connectivity index (χ1n) is 7.37. The smallest absolute Gasteiger partial charge is 0.222 e. The Hall–Kier alpha value is -0.570. The second-order valence-electron chi connectivity index (χ2n) is 6.33. The van der Waals surface area contributed by atoms with Gasteiger partial charge in [0.05, 0.1) is 0 Å². The van der Waals surface area contributed by atoms with Gasteiger partial charge in [0.25, 0.3) is 0 Å². The van der Waals surface area contributed by atoms with E-state index in [1.807, 2.05) is 14.1 Å². The fourth-order valence-electron chi connectivity index (χ4n) is 3.09. The van der Waals surface area contributed by atoms with E-state index < -0.39 is 0 Å². The Morgan fingerprint density at radius 2 is 2.06 bits per heavy atom. The topological polar surface area (TPSA) is 32.3 Å². The van der Waals surface area contributed by atoms with Gasteiger partial charge >= 0.3 is 0 Å². The monoisotopic (exact) mass is 254 g/mol. The molecular formula is C15H30N2O. The summed E-state index contributed by atoms with van der Waals surface area (Å²) in [5, 5.41) is 3.68. The lowest BCUT2D eigenvalue weighted by atomic mass is 9.76. The SMILES string of the molecule is CC(C)C(CCC(=O)N(C)C)C1NCCCC1C. The zero-order valence-electron chi connectivity index (χ0n) is 12.7. The van der Waals surface area contributed by atoms with E-state index in [-0.39, 0.29) is 5.91 Å². The van der Waals surface area contributed by atoms with Crippen LogP contribution in [0, 0.1) is 17.8 Å². The van der Waals surface area contributed by atoms with Crippen LogP contribution < -0.4 is 5.32 Å². The Labute approximate surface area is 112 Å². The highest BCUT2D eigenvalue weighted by Gasteiger charge is 2.30. The summed E-state index contributed by atoms with van der Waals surface area (Å²) >= 11 is 0. The minimum Gasteiger partial charge on any atom is -0.349 e. The van der Waals surface area contributed by atoms with Gasteiger partial charge in [-0.2, -0.15) is 0 Å². The first-order chi connectivity index (χ1) is 8.43. The third-order valence-corrected chi connectivity index (χ3v) is 4.34. The number of nitrogens with one attached hydrogen (secondary N) is 1. The number of amides is 1. The van der Waals surface area contributed by atoms with Crippen molar-refractivity contribution in [1.29, 1.82) is 0 Å². The van der Waals surface area contributed by atoms with Gasteiger partial charge in [-0.25, -0.2) is 0 Å². The number of nitrogens with zero attached hydrogens (tertiary/aromatic N) is 1. The van der Waals surface area contributed by atoms with Crippen LogP contribution in [0.2, 0.25) is 0 Å². The molecule has 0 aromatic heterocycles. The molecule has 18 heavy (non-hydrogen) atoms. The maximum atomic E-state index is 11.7. The first-order valence-corrected chi connectivity index (χ1v) is 7.37. The number of piperidine rings is 1.